The third kappa shape index (κ3) is 13.2. The molecule has 0 bridgehead atoms. The van der Waals surface area contributed by atoms with Crippen molar-refractivity contribution < 1.29 is 4.48 Å². The standard InChI is InChI=1S/C28H52N/c1-4-7-8-9-10-11-12-13-14-15-16-17-18-19-23-26-29(5-2,6-3)27-28-24-21-20-22-25-28/h20-22,24-25H,4-19,23,26-27H2,1-3H3/q+1. The Balaban J connectivity index is 1.98. The fourth-order valence-corrected chi connectivity index (χ4v) is 4.63. The number of hydrogen-bond donors (Lipinski definition) is 0. The Bertz CT molecular complexity index is 449. The summed E-state index contributed by atoms with van der Waals surface area (Å²) in [6.45, 7) is 12.1. The van der Waals surface area contributed by atoms with E-state index < -0.39 is 0 Å². The molecule has 0 unspecified atom stereocenters. The summed E-state index contributed by atoms with van der Waals surface area (Å²) in [7, 11) is 0. The van der Waals surface area contributed by atoms with Gasteiger partial charge in [0.15, 0.2) is 0 Å². The lowest BCUT2D eigenvalue weighted by Gasteiger charge is -2.37. The number of benzene rings is 1. The molecule has 0 N–H and O–H groups in total. The van der Waals surface area contributed by atoms with Crippen LogP contribution in [0.3, 0.4) is 0 Å². The Hall–Kier alpha value is -0.820. The molecule has 0 radical (unpaired) electrons. The molecule has 29 heavy (non-hydrogen) atoms. The lowest BCUT2D eigenvalue weighted by atomic mass is 10.0. The molecule has 1 aromatic rings. The smallest absolute Gasteiger partial charge is 0.104 e. The first-order valence-corrected chi connectivity index (χ1v) is 13.2. The van der Waals surface area contributed by atoms with Crippen LogP contribution in [0.5, 0.6) is 0 Å². The average Bonchev–Trinajstić information content (AvgIpc) is 2.76. The van der Waals surface area contributed by atoms with Crippen molar-refractivity contribution in [3.05, 3.63) is 35.9 Å². The van der Waals surface area contributed by atoms with Crippen molar-refractivity contribution in [1.82, 2.24) is 0 Å². The van der Waals surface area contributed by atoms with Gasteiger partial charge in [-0.15, -0.1) is 0 Å². The van der Waals surface area contributed by atoms with Gasteiger partial charge in [0.25, 0.3) is 0 Å². The van der Waals surface area contributed by atoms with Crippen molar-refractivity contribution in [2.24, 2.45) is 0 Å². The molecule has 0 atom stereocenters. The summed E-state index contributed by atoms with van der Waals surface area (Å²) in [5, 5.41) is 0. The summed E-state index contributed by atoms with van der Waals surface area (Å²) in [6, 6.07) is 11.1. The van der Waals surface area contributed by atoms with Crippen molar-refractivity contribution in [1.29, 1.82) is 0 Å². The van der Waals surface area contributed by atoms with Gasteiger partial charge in [-0.1, -0.05) is 121 Å². The van der Waals surface area contributed by atoms with Crippen LogP contribution >= 0.6 is 0 Å². The SMILES string of the molecule is CCCCCCCCCCCCCCCCC[N+](CC)(CC)Cc1ccccc1. The topological polar surface area (TPSA) is 0 Å². The second-order valence-electron chi connectivity index (χ2n) is 9.29. The molecule has 1 aromatic carbocycles. The minimum atomic E-state index is 1.20. The van der Waals surface area contributed by atoms with Crippen molar-refractivity contribution in [2.45, 2.75) is 124 Å². The Morgan fingerprint density at radius 1 is 0.517 bits per heavy atom. The van der Waals surface area contributed by atoms with Gasteiger partial charge in [-0.3, -0.25) is 0 Å². The molecule has 0 aliphatic rings. The van der Waals surface area contributed by atoms with Crippen LogP contribution < -0.4 is 0 Å². The van der Waals surface area contributed by atoms with E-state index in [0.717, 1.165) is 0 Å². The molecule has 0 aliphatic carbocycles. The number of unbranched alkanes of at least 4 members (excludes halogenated alkanes) is 14. The minimum absolute atomic E-state index is 1.20. The van der Waals surface area contributed by atoms with E-state index in [1.54, 1.807) is 0 Å². The summed E-state index contributed by atoms with van der Waals surface area (Å²) in [6.07, 6.45) is 21.7. The number of rotatable bonds is 20. The maximum atomic E-state index is 2.37. The lowest BCUT2D eigenvalue weighted by Crippen LogP contribution is -2.47. The van der Waals surface area contributed by atoms with Crippen molar-refractivity contribution in [3.8, 4) is 0 Å². The molecule has 1 rings (SSSR count). The van der Waals surface area contributed by atoms with Crippen LogP contribution in [0.4, 0.5) is 0 Å². The molecular weight excluding hydrogens is 350 g/mol. The third-order valence-corrected chi connectivity index (χ3v) is 6.94. The predicted octanol–water partition coefficient (Wildman–Crippen LogP) is 8.91. The van der Waals surface area contributed by atoms with Gasteiger partial charge in [-0.25, -0.2) is 0 Å². The molecule has 1 heteroatoms. The van der Waals surface area contributed by atoms with E-state index in [2.05, 4.69) is 51.1 Å². The van der Waals surface area contributed by atoms with Crippen LogP contribution in [0.15, 0.2) is 30.3 Å². The molecule has 0 fully saturated rings. The molecule has 0 amide bonds. The summed E-state index contributed by atoms with van der Waals surface area (Å²) in [4.78, 5) is 0. The Labute approximate surface area is 183 Å². The zero-order valence-electron chi connectivity index (χ0n) is 20.3. The molecule has 0 saturated heterocycles. The summed E-state index contributed by atoms with van der Waals surface area (Å²) < 4.78 is 1.25. The fourth-order valence-electron chi connectivity index (χ4n) is 4.63. The molecule has 0 aromatic heterocycles. The third-order valence-electron chi connectivity index (χ3n) is 6.94. The van der Waals surface area contributed by atoms with Crippen LogP contribution in [0.25, 0.3) is 0 Å². The molecule has 0 spiro atoms. The van der Waals surface area contributed by atoms with E-state index in [0.29, 0.717) is 0 Å². The van der Waals surface area contributed by atoms with E-state index in [1.807, 2.05) is 0 Å². The highest BCUT2D eigenvalue weighted by Gasteiger charge is 2.22. The van der Waals surface area contributed by atoms with Gasteiger partial charge in [0.05, 0.1) is 19.6 Å². The molecule has 168 valence electrons. The largest absolute Gasteiger partial charge is 0.320 e. The highest BCUT2D eigenvalue weighted by atomic mass is 15.3. The maximum Gasteiger partial charge on any atom is 0.104 e. The van der Waals surface area contributed by atoms with Gasteiger partial charge in [0.2, 0.25) is 0 Å². The number of hydrogen-bond acceptors (Lipinski definition) is 0. The average molecular weight is 403 g/mol. The molecule has 0 heterocycles. The summed E-state index contributed by atoms with van der Waals surface area (Å²) in [5.41, 5.74) is 1.50. The Morgan fingerprint density at radius 3 is 1.34 bits per heavy atom. The van der Waals surface area contributed by atoms with E-state index in [4.69, 9.17) is 0 Å². The second-order valence-corrected chi connectivity index (χ2v) is 9.29. The van der Waals surface area contributed by atoms with Gasteiger partial charge < -0.3 is 4.48 Å². The van der Waals surface area contributed by atoms with Crippen molar-refractivity contribution >= 4 is 0 Å². The fraction of sp³-hybridized carbons (Fsp3) is 0.786. The first-order chi connectivity index (χ1) is 14.3. The second kappa shape index (κ2) is 18.0. The van der Waals surface area contributed by atoms with Gasteiger partial charge in [0, 0.05) is 5.56 Å². The first kappa shape index (κ1) is 26.2. The molecule has 1 nitrogen and oxygen atoms in total. The van der Waals surface area contributed by atoms with Crippen molar-refractivity contribution in [3.63, 3.8) is 0 Å². The minimum Gasteiger partial charge on any atom is -0.320 e. The zero-order valence-corrected chi connectivity index (χ0v) is 20.3. The van der Waals surface area contributed by atoms with E-state index in [1.165, 1.54) is 133 Å². The van der Waals surface area contributed by atoms with E-state index in [-0.39, 0.29) is 0 Å². The predicted molar refractivity (Wildman–Crippen MR) is 131 cm³/mol. The van der Waals surface area contributed by atoms with Crippen LogP contribution in [-0.4, -0.2) is 24.1 Å². The van der Waals surface area contributed by atoms with Crippen molar-refractivity contribution in [2.75, 3.05) is 19.6 Å². The normalized spacial score (nSPS) is 11.8. The first-order valence-electron chi connectivity index (χ1n) is 13.2. The van der Waals surface area contributed by atoms with E-state index >= 15 is 0 Å². The highest BCUT2D eigenvalue weighted by molar-refractivity contribution is 5.13. The van der Waals surface area contributed by atoms with E-state index in [9.17, 15) is 0 Å². The lowest BCUT2D eigenvalue weighted by molar-refractivity contribution is -0.938. The molecule has 0 saturated carbocycles. The Kier molecular flexibility index (Phi) is 16.3. The quantitative estimate of drug-likeness (QED) is 0.151. The number of nitrogens with zero attached hydrogens (tertiary/aromatic N) is 1. The van der Waals surface area contributed by atoms with Crippen LogP contribution in [0.2, 0.25) is 0 Å². The summed E-state index contributed by atoms with van der Waals surface area (Å²) in [5.74, 6) is 0. The highest BCUT2D eigenvalue weighted by Crippen LogP contribution is 2.18. The van der Waals surface area contributed by atoms with Gasteiger partial charge >= 0.3 is 0 Å². The van der Waals surface area contributed by atoms with Gasteiger partial charge in [-0.2, -0.15) is 0 Å². The van der Waals surface area contributed by atoms with Gasteiger partial charge in [-0.05, 0) is 26.7 Å². The van der Waals surface area contributed by atoms with Gasteiger partial charge in [0.1, 0.15) is 6.54 Å². The van der Waals surface area contributed by atoms with Crippen LogP contribution in [0, 0.1) is 0 Å². The van der Waals surface area contributed by atoms with Crippen LogP contribution in [-0.2, 0) is 6.54 Å². The molecular formula is C28H52N+. The maximum absolute atomic E-state index is 2.37. The summed E-state index contributed by atoms with van der Waals surface area (Å²) >= 11 is 0. The zero-order chi connectivity index (χ0) is 21.0. The molecule has 0 aliphatic heterocycles. The number of quaternary nitrogens is 1. The monoisotopic (exact) mass is 402 g/mol. The Morgan fingerprint density at radius 2 is 0.931 bits per heavy atom. The van der Waals surface area contributed by atoms with Crippen LogP contribution in [0.1, 0.15) is 123 Å².